The number of Topliss-reactive ketones (excluding diaryl/α,β-unsaturated/α-hetero) is 1. The summed E-state index contributed by atoms with van der Waals surface area (Å²) in [6.07, 6.45) is 0.393. The van der Waals surface area contributed by atoms with E-state index in [1.807, 2.05) is 24.3 Å². The van der Waals surface area contributed by atoms with Crippen LogP contribution in [0.2, 0.25) is 0 Å². The number of ether oxygens (including phenoxy) is 2. The van der Waals surface area contributed by atoms with E-state index in [2.05, 4.69) is 4.98 Å². The minimum absolute atomic E-state index is 0.0157. The zero-order valence-electron chi connectivity index (χ0n) is 19.3. The third-order valence-electron chi connectivity index (χ3n) is 6.10. The number of hydrogen-bond acceptors (Lipinski definition) is 6. The summed E-state index contributed by atoms with van der Waals surface area (Å²) in [5.74, 6) is -1.18. The van der Waals surface area contributed by atoms with Crippen molar-refractivity contribution in [3.8, 4) is 0 Å². The molecule has 2 heterocycles. The number of esters is 1. The predicted molar refractivity (Wildman–Crippen MR) is 133 cm³/mol. The van der Waals surface area contributed by atoms with E-state index >= 15 is 0 Å². The molecular formula is C27H24N2O6S. The maximum atomic E-state index is 13.6. The first-order valence-corrected chi connectivity index (χ1v) is 12.9. The number of sulfonamides is 1. The number of para-hydroxylation sites is 1. The number of H-pyrrole nitrogens is 1. The Labute approximate surface area is 208 Å². The fourth-order valence-corrected chi connectivity index (χ4v) is 5.67. The van der Waals surface area contributed by atoms with Gasteiger partial charge in [-0.2, -0.15) is 4.31 Å². The molecule has 9 heteroatoms. The van der Waals surface area contributed by atoms with Crippen LogP contribution in [-0.2, 0) is 19.5 Å². The summed E-state index contributed by atoms with van der Waals surface area (Å²) in [5.41, 5.74) is 1.74. The minimum Gasteiger partial charge on any atom is -0.445 e. The van der Waals surface area contributed by atoms with Crippen LogP contribution in [0.5, 0.6) is 0 Å². The molecule has 1 atom stereocenters. The fourth-order valence-electron chi connectivity index (χ4n) is 4.21. The summed E-state index contributed by atoms with van der Waals surface area (Å²) < 4.78 is 38.4. The van der Waals surface area contributed by atoms with Gasteiger partial charge in [-0.05, 0) is 24.3 Å². The third-order valence-corrected chi connectivity index (χ3v) is 7.99. The van der Waals surface area contributed by atoms with Gasteiger partial charge < -0.3 is 14.5 Å². The number of carbonyl (C=O) groups is 2. The van der Waals surface area contributed by atoms with Crippen molar-refractivity contribution >= 4 is 32.7 Å². The summed E-state index contributed by atoms with van der Waals surface area (Å²) in [4.78, 5) is 29.9. The van der Waals surface area contributed by atoms with Crippen LogP contribution in [0.1, 0.15) is 32.4 Å². The van der Waals surface area contributed by atoms with Gasteiger partial charge in [0.05, 0.1) is 23.7 Å². The highest BCUT2D eigenvalue weighted by atomic mass is 32.2. The van der Waals surface area contributed by atoms with Crippen molar-refractivity contribution in [2.45, 2.75) is 11.0 Å². The number of benzene rings is 3. The number of nitrogens with zero attached hydrogens (tertiary/aromatic N) is 1. The number of aromatic nitrogens is 1. The van der Waals surface area contributed by atoms with E-state index < -0.39 is 22.1 Å². The first-order valence-electron chi connectivity index (χ1n) is 11.5. The molecule has 0 aliphatic carbocycles. The van der Waals surface area contributed by atoms with Crippen LogP contribution >= 0.6 is 0 Å². The number of ketones is 1. The van der Waals surface area contributed by atoms with Crippen LogP contribution < -0.4 is 0 Å². The number of morpholine rings is 1. The van der Waals surface area contributed by atoms with E-state index in [1.165, 1.54) is 28.6 Å². The van der Waals surface area contributed by atoms with E-state index in [4.69, 9.17) is 9.47 Å². The molecule has 0 amide bonds. The summed E-state index contributed by atoms with van der Waals surface area (Å²) in [6, 6.07) is 21.8. The Morgan fingerprint density at radius 1 is 0.917 bits per heavy atom. The SMILES string of the molecule is O=C(OC(C(=O)c1c[nH]c2ccccc12)c1ccccc1)c1cccc(S(=O)(=O)N2CCOCC2)c1. The van der Waals surface area contributed by atoms with Gasteiger partial charge in [0.1, 0.15) is 0 Å². The second-order valence-electron chi connectivity index (χ2n) is 8.35. The number of carbonyl (C=O) groups excluding carboxylic acids is 2. The van der Waals surface area contributed by atoms with Gasteiger partial charge in [-0.1, -0.05) is 54.6 Å². The molecule has 3 aromatic carbocycles. The summed E-state index contributed by atoms with van der Waals surface area (Å²) in [5, 5.41) is 0.720. The average Bonchev–Trinajstić information content (AvgIpc) is 3.36. The Morgan fingerprint density at radius 2 is 1.64 bits per heavy atom. The monoisotopic (exact) mass is 504 g/mol. The van der Waals surface area contributed by atoms with Crippen LogP contribution in [0.4, 0.5) is 0 Å². The van der Waals surface area contributed by atoms with Gasteiger partial charge in [0.25, 0.3) is 0 Å². The minimum atomic E-state index is -3.80. The molecule has 0 saturated carbocycles. The first-order chi connectivity index (χ1) is 17.4. The van der Waals surface area contributed by atoms with Gasteiger partial charge in [0.2, 0.25) is 15.8 Å². The molecule has 1 aromatic heterocycles. The van der Waals surface area contributed by atoms with E-state index in [-0.39, 0.29) is 29.3 Å². The van der Waals surface area contributed by atoms with Gasteiger partial charge in [0, 0.05) is 41.3 Å². The second-order valence-corrected chi connectivity index (χ2v) is 10.3. The standard InChI is InChI=1S/C27H24N2O6S/c30-25(23-18-28-24-12-5-4-11-22(23)24)26(19-7-2-1-3-8-19)35-27(31)20-9-6-10-21(17-20)36(32,33)29-13-15-34-16-14-29/h1-12,17-18,26,28H,13-16H2. The Morgan fingerprint density at radius 3 is 2.42 bits per heavy atom. The zero-order chi connectivity index (χ0) is 25.1. The largest absolute Gasteiger partial charge is 0.445 e. The molecule has 36 heavy (non-hydrogen) atoms. The average molecular weight is 505 g/mol. The van der Waals surface area contributed by atoms with Crippen molar-refractivity contribution in [1.29, 1.82) is 0 Å². The van der Waals surface area contributed by atoms with Crippen LogP contribution in [0, 0.1) is 0 Å². The topological polar surface area (TPSA) is 106 Å². The lowest BCUT2D eigenvalue weighted by molar-refractivity contribution is 0.0280. The van der Waals surface area contributed by atoms with Crippen molar-refractivity contribution in [2.24, 2.45) is 0 Å². The molecule has 4 aromatic rings. The van der Waals surface area contributed by atoms with Gasteiger partial charge in [-0.25, -0.2) is 13.2 Å². The van der Waals surface area contributed by atoms with Gasteiger partial charge >= 0.3 is 5.97 Å². The lowest BCUT2D eigenvalue weighted by atomic mass is 9.99. The third kappa shape index (κ3) is 4.68. The molecule has 1 unspecified atom stereocenters. The number of fused-ring (bicyclic) bond motifs is 1. The van der Waals surface area contributed by atoms with Crippen LogP contribution in [0.15, 0.2) is 90.0 Å². The van der Waals surface area contributed by atoms with E-state index in [1.54, 1.807) is 36.5 Å². The molecular weight excluding hydrogens is 480 g/mol. The smallest absolute Gasteiger partial charge is 0.339 e. The Bertz CT molecular complexity index is 1510. The Kier molecular flexibility index (Phi) is 6.69. The highest BCUT2D eigenvalue weighted by Crippen LogP contribution is 2.28. The van der Waals surface area contributed by atoms with Gasteiger partial charge in [0.15, 0.2) is 6.10 Å². The maximum Gasteiger partial charge on any atom is 0.339 e. The molecule has 0 bridgehead atoms. The molecule has 1 N–H and O–H groups in total. The van der Waals surface area contributed by atoms with Crippen LogP contribution in [0.25, 0.3) is 10.9 Å². The van der Waals surface area contributed by atoms with Crippen molar-refractivity contribution < 1.29 is 27.5 Å². The van der Waals surface area contributed by atoms with Gasteiger partial charge in [-0.3, -0.25) is 4.79 Å². The van der Waals surface area contributed by atoms with Crippen molar-refractivity contribution in [2.75, 3.05) is 26.3 Å². The normalized spacial score (nSPS) is 15.4. The number of hydrogen-bond donors (Lipinski definition) is 1. The molecule has 5 rings (SSSR count). The zero-order valence-corrected chi connectivity index (χ0v) is 20.1. The highest BCUT2D eigenvalue weighted by molar-refractivity contribution is 7.89. The second kappa shape index (κ2) is 10.1. The van der Waals surface area contributed by atoms with Gasteiger partial charge in [-0.15, -0.1) is 0 Å². The Balaban J connectivity index is 1.45. The predicted octanol–water partition coefficient (Wildman–Crippen LogP) is 3.97. The molecule has 1 aliphatic heterocycles. The lowest BCUT2D eigenvalue weighted by Crippen LogP contribution is -2.40. The van der Waals surface area contributed by atoms with Crippen molar-refractivity contribution in [3.63, 3.8) is 0 Å². The number of aromatic amines is 1. The molecule has 0 radical (unpaired) electrons. The molecule has 0 spiro atoms. The van der Waals surface area contributed by atoms with Crippen LogP contribution in [-0.4, -0.2) is 55.8 Å². The Hall–Kier alpha value is -3.79. The lowest BCUT2D eigenvalue weighted by Gasteiger charge is -2.26. The van der Waals surface area contributed by atoms with Crippen molar-refractivity contribution in [1.82, 2.24) is 9.29 Å². The number of rotatable bonds is 7. The highest BCUT2D eigenvalue weighted by Gasteiger charge is 2.30. The van der Waals surface area contributed by atoms with E-state index in [0.29, 0.717) is 24.3 Å². The quantitative estimate of drug-likeness (QED) is 0.302. The molecule has 8 nitrogen and oxygen atoms in total. The summed E-state index contributed by atoms with van der Waals surface area (Å²) in [7, 11) is -3.80. The molecule has 184 valence electrons. The summed E-state index contributed by atoms with van der Waals surface area (Å²) in [6.45, 7) is 1.11. The number of nitrogens with one attached hydrogen (secondary N) is 1. The fraction of sp³-hybridized carbons (Fsp3) is 0.185. The molecule has 1 fully saturated rings. The van der Waals surface area contributed by atoms with E-state index in [0.717, 1.165) is 10.9 Å². The maximum absolute atomic E-state index is 13.6. The first kappa shape index (κ1) is 23.9. The van der Waals surface area contributed by atoms with Crippen LogP contribution in [0.3, 0.4) is 0 Å². The van der Waals surface area contributed by atoms with Crippen molar-refractivity contribution in [3.05, 3.63) is 102 Å². The molecule has 1 saturated heterocycles. The summed E-state index contributed by atoms with van der Waals surface area (Å²) >= 11 is 0. The molecule has 1 aliphatic rings. The van der Waals surface area contributed by atoms with E-state index in [9.17, 15) is 18.0 Å².